The number of aromatic hydroxyl groups is 1. The molecule has 1 heterocycles. The predicted molar refractivity (Wildman–Crippen MR) is 37.9 cm³/mol. The summed E-state index contributed by atoms with van der Waals surface area (Å²) in [5.74, 6) is -0.269. The van der Waals surface area contributed by atoms with Crippen molar-refractivity contribution >= 4 is 12.6 Å². The molecular weight excluding hydrogens is 148 g/mol. The minimum absolute atomic E-state index is 0.165. The predicted octanol–water partition coefficient (Wildman–Crippen LogP) is 0.948. The van der Waals surface area contributed by atoms with Gasteiger partial charge < -0.3 is 5.11 Å². The van der Waals surface area contributed by atoms with Crippen molar-refractivity contribution in [3.8, 4) is 11.9 Å². The van der Waals surface area contributed by atoms with Crippen molar-refractivity contribution in [2.75, 3.05) is 0 Å². The Kier molecular flexibility index (Phi) is 1.78. The molecule has 1 aromatic heterocycles. The lowest BCUT2D eigenvalue weighted by molar-refractivity contribution is 0.447. The zero-order valence-electron chi connectivity index (χ0n) is 4.94. The first kappa shape index (κ1) is 6.90. The fourth-order valence-electron chi connectivity index (χ4n) is 0.526. The van der Waals surface area contributed by atoms with Crippen molar-refractivity contribution in [3.63, 3.8) is 0 Å². The molecule has 3 nitrogen and oxygen atoms in total. The molecule has 0 saturated carbocycles. The molecule has 0 spiro atoms. The van der Waals surface area contributed by atoms with Crippen molar-refractivity contribution in [2.45, 2.75) is 5.03 Å². The Bertz CT molecular complexity index is 292. The summed E-state index contributed by atoms with van der Waals surface area (Å²) in [4.78, 5) is 3.54. The zero-order valence-corrected chi connectivity index (χ0v) is 5.84. The van der Waals surface area contributed by atoms with E-state index in [1.165, 1.54) is 6.07 Å². The fraction of sp³-hybridized carbons (Fsp3) is 0. The van der Waals surface area contributed by atoms with Crippen LogP contribution in [0, 0.1) is 11.3 Å². The van der Waals surface area contributed by atoms with Crippen LogP contribution in [-0.4, -0.2) is 10.1 Å². The van der Waals surface area contributed by atoms with Crippen LogP contribution in [0.5, 0.6) is 5.88 Å². The molecule has 50 valence electrons. The molecule has 0 unspecified atom stereocenters. The highest BCUT2D eigenvalue weighted by molar-refractivity contribution is 7.80. The summed E-state index contributed by atoms with van der Waals surface area (Å²) in [7, 11) is 0. The van der Waals surface area contributed by atoms with Gasteiger partial charge in [0.25, 0.3) is 0 Å². The molecule has 0 fully saturated rings. The van der Waals surface area contributed by atoms with Gasteiger partial charge in [-0.25, -0.2) is 4.98 Å². The number of nitrogens with zero attached hydrogens (tertiary/aromatic N) is 2. The van der Waals surface area contributed by atoms with E-state index in [1.54, 1.807) is 12.1 Å². The van der Waals surface area contributed by atoms with Crippen LogP contribution in [0.1, 0.15) is 5.56 Å². The summed E-state index contributed by atoms with van der Waals surface area (Å²) in [6, 6.07) is 4.78. The highest BCUT2D eigenvalue weighted by atomic mass is 32.1. The molecule has 1 aromatic rings. The third-order valence-corrected chi connectivity index (χ3v) is 1.23. The van der Waals surface area contributed by atoms with Crippen molar-refractivity contribution < 1.29 is 5.11 Å². The van der Waals surface area contributed by atoms with Gasteiger partial charge in [-0.15, -0.1) is 12.6 Å². The molecule has 10 heavy (non-hydrogen) atoms. The lowest BCUT2D eigenvalue weighted by Crippen LogP contribution is -1.81. The van der Waals surface area contributed by atoms with Gasteiger partial charge in [0.1, 0.15) is 11.6 Å². The van der Waals surface area contributed by atoms with Crippen LogP contribution in [0.15, 0.2) is 17.2 Å². The summed E-state index contributed by atoms with van der Waals surface area (Å²) >= 11 is 3.86. The van der Waals surface area contributed by atoms with Crippen molar-refractivity contribution in [2.24, 2.45) is 0 Å². The van der Waals surface area contributed by atoms with E-state index < -0.39 is 0 Å². The standard InChI is InChI=1S/C6H4N2OS/c7-3-4-1-2-5(10)8-6(4)9/h1-2H,(H2,8,9,10). The van der Waals surface area contributed by atoms with Gasteiger partial charge in [0, 0.05) is 0 Å². The van der Waals surface area contributed by atoms with Gasteiger partial charge in [0.05, 0.1) is 5.03 Å². The summed E-state index contributed by atoms with van der Waals surface area (Å²) in [6.07, 6.45) is 0. The quantitative estimate of drug-likeness (QED) is 0.544. The second-order valence-corrected chi connectivity index (χ2v) is 2.11. The Morgan fingerprint density at radius 3 is 2.80 bits per heavy atom. The molecular formula is C6H4N2OS. The van der Waals surface area contributed by atoms with Gasteiger partial charge in [-0.3, -0.25) is 0 Å². The molecule has 0 aliphatic carbocycles. The first-order chi connectivity index (χ1) is 4.74. The van der Waals surface area contributed by atoms with Crippen LogP contribution in [0.25, 0.3) is 0 Å². The molecule has 0 saturated heterocycles. The van der Waals surface area contributed by atoms with Gasteiger partial charge in [-0.05, 0) is 12.1 Å². The van der Waals surface area contributed by atoms with Crippen LogP contribution >= 0.6 is 12.6 Å². The summed E-state index contributed by atoms with van der Waals surface area (Å²) < 4.78 is 0. The number of thiol groups is 1. The molecule has 0 aromatic carbocycles. The maximum absolute atomic E-state index is 8.91. The van der Waals surface area contributed by atoms with Crippen LogP contribution in [0.4, 0.5) is 0 Å². The molecule has 0 aliphatic heterocycles. The van der Waals surface area contributed by atoms with E-state index in [2.05, 4.69) is 17.6 Å². The molecule has 0 aliphatic rings. The maximum atomic E-state index is 8.91. The Morgan fingerprint density at radius 1 is 1.60 bits per heavy atom. The monoisotopic (exact) mass is 152 g/mol. The lowest BCUT2D eigenvalue weighted by Gasteiger charge is -1.93. The fourth-order valence-corrected chi connectivity index (χ4v) is 0.695. The SMILES string of the molecule is N#Cc1ccc(S)nc1O. The number of nitriles is 1. The van der Waals surface area contributed by atoms with Crippen LogP contribution < -0.4 is 0 Å². The van der Waals surface area contributed by atoms with Crippen LogP contribution in [0.2, 0.25) is 0 Å². The van der Waals surface area contributed by atoms with Crippen molar-refractivity contribution in [3.05, 3.63) is 17.7 Å². The van der Waals surface area contributed by atoms with E-state index in [-0.39, 0.29) is 11.4 Å². The molecule has 4 heteroatoms. The van der Waals surface area contributed by atoms with Crippen molar-refractivity contribution in [1.29, 1.82) is 5.26 Å². The van der Waals surface area contributed by atoms with E-state index in [0.717, 1.165) is 0 Å². The highest BCUT2D eigenvalue weighted by Crippen LogP contribution is 2.14. The molecule has 1 rings (SSSR count). The first-order valence-electron chi connectivity index (χ1n) is 2.53. The smallest absolute Gasteiger partial charge is 0.230 e. The Labute approximate surface area is 63.4 Å². The Hall–Kier alpha value is -1.21. The average molecular weight is 152 g/mol. The van der Waals surface area contributed by atoms with E-state index in [9.17, 15) is 0 Å². The summed E-state index contributed by atoms with van der Waals surface area (Å²) in [5.41, 5.74) is 0.165. The van der Waals surface area contributed by atoms with E-state index in [0.29, 0.717) is 5.03 Å². The molecule has 0 atom stereocenters. The number of hydrogen-bond acceptors (Lipinski definition) is 4. The number of aromatic nitrogens is 1. The maximum Gasteiger partial charge on any atom is 0.230 e. The highest BCUT2D eigenvalue weighted by Gasteiger charge is 1.99. The largest absolute Gasteiger partial charge is 0.492 e. The minimum atomic E-state index is -0.269. The summed E-state index contributed by atoms with van der Waals surface area (Å²) in [6.45, 7) is 0. The lowest BCUT2D eigenvalue weighted by atomic mass is 10.3. The minimum Gasteiger partial charge on any atom is -0.492 e. The Morgan fingerprint density at radius 2 is 2.30 bits per heavy atom. The van der Waals surface area contributed by atoms with E-state index in [1.807, 2.05) is 0 Å². The molecule has 1 N–H and O–H groups in total. The second kappa shape index (κ2) is 2.58. The van der Waals surface area contributed by atoms with E-state index in [4.69, 9.17) is 10.4 Å². The molecule has 0 radical (unpaired) electrons. The van der Waals surface area contributed by atoms with E-state index >= 15 is 0 Å². The van der Waals surface area contributed by atoms with Gasteiger partial charge >= 0.3 is 0 Å². The number of rotatable bonds is 0. The second-order valence-electron chi connectivity index (χ2n) is 1.65. The van der Waals surface area contributed by atoms with Crippen LogP contribution in [0.3, 0.4) is 0 Å². The van der Waals surface area contributed by atoms with Gasteiger partial charge in [0.15, 0.2) is 0 Å². The normalized spacial score (nSPS) is 8.80. The number of hydrogen-bond donors (Lipinski definition) is 2. The number of pyridine rings is 1. The topological polar surface area (TPSA) is 56.9 Å². The van der Waals surface area contributed by atoms with Gasteiger partial charge in [-0.2, -0.15) is 5.26 Å². The van der Waals surface area contributed by atoms with Crippen LogP contribution in [-0.2, 0) is 0 Å². The average Bonchev–Trinajstić information content (AvgIpc) is 1.88. The Balaban J connectivity index is 3.23. The third kappa shape index (κ3) is 1.20. The summed E-state index contributed by atoms with van der Waals surface area (Å²) in [5, 5.41) is 17.6. The molecule has 0 amide bonds. The van der Waals surface area contributed by atoms with Gasteiger partial charge in [-0.1, -0.05) is 0 Å². The molecule has 0 bridgehead atoms. The van der Waals surface area contributed by atoms with Crippen molar-refractivity contribution in [1.82, 2.24) is 4.98 Å². The third-order valence-electron chi connectivity index (χ3n) is 0.981. The van der Waals surface area contributed by atoms with Gasteiger partial charge in [0.2, 0.25) is 5.88 Å². The zero-order chi connectivity index (χ0) is 7.56. The first-order valence-corrected chi connectivity index (χ1v) is 2.98.